The lowest BCUT2D eigenvalue weighted by Crippen LogP contribution is -2.47. The molecule has 2 atom stereocenters. The summed E-state index contributed by atoms with van der Waals surface area (Å²) in [5.41, 5.74) is -0.606. The number of hydrogen-bond acceptors (Lipinski definition) is 3. The van der Waals surface area contributed by atoms with Gasteiger partial charge in [-0.1, -0.05) is 6.92 Å². The Bertz CT molecular complexity index is 136. The number of rotatable bonds is 4. The van der Waals surface area contributed by atoms with E-state index in [2.05, 4.69) is 0 Å². The molecule has 0 saturated heterocycles. The average molecular weight is 176 g/mol. The van der Waals surface area contributed by atoms with Crippen LogP contribution in [0.25, 0.3) is 0 Å². The van der Waals surface area contributed by atoms with Gasteiger partial charge in [0, 0.05) is 13.0 Å². The van der Waals surface area contributed by atoms with Gasteiger partial charge in [-0.15, -0.1) is 0 Å². The van der Waals surface area contributed by atoms with Crippen molar-refractivity contribution in [3.8, 4) is 0 Å². The van der Waals surface area contributed by atoms with Crippen LogP contribution >= 0.6 is 0 Å². The first kappa shape index (κ1) is 10.8. The quantitative estimate of drug-likeness (QED) is 0.503. The summed E-state index contributed by atoms with van der Waals surface area (Å²) < 4.78 is 5.15. The maximum atomic E-state index is 10.3. The number of carbonyl (C=O) groups excluding carboxylic acids is 1. The molecule has 0 rings (SSSR count). The summed E-state index contributed by atoms with van der Waals surface area (Å²) in [7, 11) is -0.464. The van der Waals surface area contributed by atoms with Crippen molar-refractivity contribution in [1.29, 1.82) is 0 Å². The Hall–Kier alpha value is -0.193. The van der Waals surface area contributed by atoms with Gasteiger partial charge < -0.3 is 14.3 Å². The summed E-state index contributed by atoms with van der Waals surface area (Å²) in [6, 6.07) is 0. The summed E-state index contributed by atoms with van der Waals surface area (Å²) in [6.45, 7) is 5.47. The minimum absolute atomic E-state index is 0.323. The fraction of sp³-hybridized carbons (Fsp3) is 0.857. The van der Waals surface area contributed by atoms with Crippen LogP contribution in [0.15, 0.2) is 0 Å². The monoisotopic (exact) mass is 176 g/mol. The standard InChI is InChI=1S/C7H16O3Si/c1-6(5-8)7(9)11(3,4)10-2/h5-7,9H,1-4H3. The SMILES string of the molecule is CO[Si](C)(C)C(O)C(C)C=O. The number of aldehydes is 1. The average Bonchev–Trinajstić information content (AvgIpc) is 2.01. The van der Waals surface area contributed by atoms with Crippen molar-refractivity contribution in [3.63, 3.8) is 0 Å². The highest BCUT2D eigenvalue weighted by Crippen LogP contribution is 2.14. The molecule has 11 heavy (non-hydrogen) atoms. The smallest absolute Gasteiger partial charge is 0.214 e. The zero-order valence-corrected chi connectivity index (χ0v) is 8.50. The van der Waals surface area contributed by atoms with E-state index in [4.69, 9.17) is 4.43 Å². The van der Waals surface area contributed by atoms with Crippen molar-refractivity contribution in [2.75, 3.05) is 7.11 Å². The van der Waals surface area contributed by atoms with Gasteiger partial charge in [0.25, 0.3) is 0 Å². The first-order valence-corrected chi connectivity index (χ1v) is 6.62. The Kier molecular flexibility index (Phi) is 3.92. The molecule has 0 radical (unpaired) electrons. The topological polar surface area (TPSA) is 46.5 Å². The van der Waals surface area contributed by atoms with E-state index in [1.165, 1.54) is 0 Å². The molecular formula is C7H16O3Si. The molecule has 0 aliphatic rings. The Morgan fingerprint density at radius 2 is 2.00 bits per heavy atom. The fourth-order valence-electron chi connectivity index (χ4n) is 0.828. The molecule has 0 spiro atoms. The molecule has 0 heterocycles. The predicted octanol–water partition coefficient (Wildman–Crippen LogP) is 0.573. The molecule has 0 fully saturated rings. The van der Waals surface area contributed by atoms with Crippen LogP contribution in [0.1, 0.15) is 6.92 Å². The maximum Gasteiger partial charge on any atom is 0.214 e. The summed E-state index contributed by atoms with van der Waals surface area (Å²) in [4.78, 5) is 10.3. The van der Waals surface area contributed by atoms with E-state index >= 15 is 0 Å². The van der Waals surface area contributed by atoms with Crippen molar-refractivity contribution in [2.45, 2.75) is 25.7 Å². The second-order valence-corrected chi connectivity index (χ2v) is 7.45. The summed E-state index contributed by atoms with van der Waals surface area (Å²) in [5.74, 6) is -0.323. The van der Waals surface area contributed by atoms with E-state index in [0.717, 1.165) is 6.29 Å². The van der Waals surface area contributed by atoms with Crippen LogP contribution in [0.4, 0.5) is 0 Å². The molecular weight excluding hydrogens is 160 g/mol. The second-order valence-electron chi connectivity index (χ2n) is 3.25. The minimum Gasteiger partial charge on any atom is -0.418 e. The molecule has 4 heteroatoms. The minimum atomic E-state index is -2.04. The van der Waals surface area contributed by atoms with E-state index in [-0.39, 0.29) is 5.92 Å². The highest BCUT2D eigenvalue weighted by Gasteiger charge is 2.34. The van der Waals surface area contributed by atoms with Gasteiger partial charge in [0.2, 0.25) is 8.32 Å². The van der Waals surface area contributed by atoms with Crippen molar-refractivity contribution in [1.82, 2.24) is 0 Å². The molecule has 0 bridgehead atoms. The molecule has 0 amide bonds. The molecule has 0 aliphatic heterocycles. The number of aliphatic hydroxyl groups excluding tert-OH is 1. The van der Waals surface area contributed by atoms with E-state index in [1.807, 2.05) is 13.1 Å². The fourth-order valence-corrected chi connectivity index (χ4v) is 2.41. The third-order valence-corrected chi connectivity index (χ3v) is 4.95. The number of aliphatic hydroxyl groups is 1. The zero-order chi connectivity index (χ0) is 9.07. The molecule has 1 N–H and O–H groups in total. The molecule has 0 saturated carbocycles. The summed E-state index contributed by atoms with van der Waals surface area (Å²) in [5, 5.41) is 9.55. The van der Waals surface area contributed by atoms with E-state index in [0.29, 0.717) is 0 Å². The van der Waals surface area contributed by atoms with E-state index < -0.39 is 14.0 Å². The number of carbonyl (C=O) groups is 1. The highest BCUT2D eigenvalue weighted by atomic mass is 28.4. The molecule has 0 aromatic heterocycles. The first-order valence-electron chi connectivity index (χ1n) is 3.64. The van der Waals surface area contributed by atoms with Gasteiger partial charge in [-0.3, -0.25) is 0 Å². The third kappa shape index (κ3) is 2.73. The van der Waals surface area contributed by atoms with Gasteiger partial charge in [0.1, 0.15) is 6.29 Å². The Morgan fingerprint density at radius 1 is 1.55 bits per heavy atom. The Labute approximate surface area is 68.5 Å². The van der Waals surface area contributed by atoms with Gasteiger partial charge in [-0.25, -0.2) is 0 Å². The lowest BCUT2D eigenvalue weighted by molar-refractivity contribution is -0.112. The largest absolute Gasteiger partial charge is 0.418 e. The summed E-state index contributed by atoms with van der Waals surface area (Å²) in [6.07, 6.45) is 0.762. The molecule has 66 valence electrons. The second kappa shape index (κ2) is 3.99. The van der Waals surface area contributed by atoms with Gasteiger partial charge in [-0.2, -0.15) is 0 Å². The van der Waals surface area contributed by atoms with Crippen molar-refractivity contribution in [2.24, 2.45) is 5.92 Å². The van der Waals surface area contributed by atoms with Crippen molar-refractivity contribution in [3.05, 3.63) is 0 Å². The normalized spacial score (nSPS) is 17.5. The van der Waals surface area contributed by atoms with Crippen molar-refractivity contribution >= 4 is 14.6 Å². The van der Waals surface area contributed by atoms with E-state index in [9.17, 15) is 9.90 Å². The first-order chi connectivity index (χ1) is 4.95. The highest BCUT2D eigenvalue weighted by molar-refractivity contribution is 6.72. The van der Waals surface area contributed by atoms with Crippen LogP contribution in [0, 0.1) is 5.92 Å². The van der Waals surface area contributed by atoms with Crippen LogP contribution in [0.3, 0.4) is 0 Å². The zero-order valence-electron chi connectivity index (χ0n) is 7.50. The van der Waals surface area contributed by atoms with Crippen LogP contribution in [0.5, 0.6) is 0 Å². The maximum absolute atomic E-state index is 10.3. The molecule has 0 aliphatic carbocycles. The van der Waals surface area contributed by atoms with Crippen molar-refractivity contribution < 1.29 is 14.3 Å². The Morgan fingerprint density at radius 3 is 2.27 bits per heavy atom. The van der Waals surface area contributed by atoms with E-state index in [1.54, 1.807) is 14.0 Å². The van der Waals surface area contributed by atoms with Gasteiger partial charge in [-0.05, 0) is 13.1 Å². The van der Waals surface area contributed by atoms with Crippen LogP contribution < -0.4 is 0 Å². The number of hydrogen-bond donors (Lipinski definition) is 1. The lowest BCUT2D eigenvalue weighted by atomic mass is 10.2. The van der Waals surface area contributed by atoms with Crippen LogP contribution in [-0.4, -0.2) is 32.5 Å². The van der Waals surface area contributed by atoms with Crippen LogP contribution in [0.2, 0.25) is 13.1 Å². The molecule has 2 unspecified atom stereocenters. The van der Waals surface area contributed by atoms with Gasteiger partial charge >= 0.3 is 0 Å². The van der Waals surface area contributed by atoms with Crippen LogP contribution in [-0.2, 0) is 9.22 Å². The third-order valence-electron chi connectivity index (χ3n) is 1.95. The molecule has 0 aromatic rings. The molecule has 3 nitrogen and oxygen atoms in total. The predicted molar refractivity (Wildman–Crippen MR) is 45.7 cm³/mol. The van der Waals surface area contributed by atoms with Gasteiger partial charge in [0.05, 0.1) is 5.73 Å². The molecule has 0 aromatic carbocycles. The Balaban J connectivity index is 4.21. The lowest BCUT2D eigenvalue weighted by Gasteiger charge is -2.28. The van der Waals surface area contributed by atoms with Gasteiger partial charge in [0.15, 0.2) is 0 Å². The summed E-state index contributed by atoms with van der Waals surface area (Å²) >= 11 is 0.